The van der Waals surface area contributed by atoms with Gasteiger partial charge in [0.05, 0.1) is 12.7 Å². The lowest BCUT2D eigenvalue weighted by molar-refractivity contribution is -0.135. The van der Waals surface area contributed by atoms with Crippen LogP contribution in [0.5, 0.6) is 0 Å². The monoisotopic (exact) mass is 322 g/mol. The van der Waals surface area contributed by atoms with Crippen LogP contribution >= 0.6 is 0 Å². The second-order valence-corrected chi connectivity index (χ2v) is 6.57. The van der Waals surface area contributed by atoms with Crippen molar-refractivity contribution in [2.24, 2.45) is 5.92 Å². The number of carbonyl (C=O) groups is 1. The summed E-state index contributed by atoms with van der Waals surface area (Å²) in [7, 11) is 1.43. The molecule has 1 saturated carbocycles. The summed E-state index contributed by atoms with van der Waals surface area (Å²) >= 11 is 0. The van der Waals surface area contributed by atoms with E-state index in [9.17, 15) is 4.79 Å². The number of benzene rings is 1. The third-order valence-electron chi connectivity index (χ3n) is 4.90. The van der Waals surface area contributed by atoms with Crippen LogP contribution in [-0.2, 0) is 16.0 Å². The maximum Gasteiger partial charge on any atom is 0.341 e. The van der Waals surface area contributed by atoms with Crippen molar-refractivity contribution >= 4 is 11.7 Å². The Morgan fingerprint density at radius 1 is 1.29 bits per heavy atom. The van der Waals surface area contributed by atoms with Gasteiger partial charge in [-0.25, -0.2) is 4.79 Å². The van der Waals surface area contributed by atoms with Gasteiger partial charge >= 0.3 is 5.97 Å². The van der Waals surface area contributed by atoms with Crippen LogP contribution < -0.4 is 10.6 Å². The Morgan fingerprint density at radius 3 is 2.92 bits per heavy atom. The Labute approximate surface area is 142 Å². The van der Waals surface area contributed by atoms with Crippen LogP contribution in [0.2, 0.25) is 0 Å². The number of hydrogen-bond acceptors (Lipinski definition) is 4. The molecule has 0 spiro atoms. The van der Waals surface area contributed by atoms with E-state index in [-0.39, 0.29) is 5.97 Å². The molecule has 4 nitrogen and oxygen atoms in total. The van der Waals surface area contributed by atoms with Crippen LogP contribution in [0.4, 0.5) is 0 Å². The summed E-state index contributed by atoms with van der Waals surface area (Å²) in [6.45, 7) is 0.794. The third kappa shape index (κ3) is 2.84. The van der Waals surface area contributed by atoms with Crippen molar-refractivity contribution in [2.45, 2.75) is 25.7 Å². The first-order valence-electron chi connectivity index (χ1n) is 8.58. The fourth-order valence-corrected chi connectivity index (χ4v) is 3.43. The highest BCUT2D eigenvalue weighted by Crippen LogP contribution is 2.38. The van der Waals surface area contributed by atoms with E-state index in [2.05, 4.69) is 41.0 Å². The number of dihydropyridines is 1. The SMILES string of the molecule is COC(=O)C1=C(NC2=CCCc3ccccc32)NCC(C2CC2)=C1. The molecule has 4 rings (SSSR count). The second-order valence-electron chi connectivity index (χ2n) is 6.57. The number of esters is 1. The van der Waals surface area contributed by atoms with E-state index in [1.165, 1.54) is 36.7 Å². The third-order valence-corrected chi connectivity index (χ3v) is 4.90. The van der Waals surface area contributed by atoms with Gasteiger partial charge in [0.25, 0.3) is 0 Å². The van der Waals surface area contributed by atoms with Crippen molar-refractivity contribution in [3.63, 3.8) is 0 Å². The zero-order valence-electron chi connectivity index (χ0n) is 13.9. The number of carbonyl (C=O) groups excluding carboxylic acids is 1. The summed E-state index contributed by atoms with van der Waals surface area (Å²) in [4.78, 5) is 12.2. The Balaban J connectivity index is 1.66. The lowest BCUT2D eigenvalue weighted by atomic mass is 9.94. The summed E-state index contributed by atoms with van der Waals surface area (Å²) < 4.78 is 4.99. The van der Waals surface area contributed by atoms with Crippen LogP contribution in [0.1, 0.15) is 30.4 Å². The van der Waals surface area contributed by atoms with E-state index in [1.54, 1.807) is 0 Å². The van der Waals surface area contributed by atoms with E-state index in [4.69, 9.17) is 4.74 Å². The van der Waals surface area contributed by atoms with E-state index < -0.39 is 0 Å². The fourth-order valence-electron chi connectivity index (χ4n) is 3.43. The van der Waals surface area contributed by atoms with Gasteiger partial charge in [0, 0.05) is 17.8 Å². The smallest absolute Gasteiger partial charge is 0.341 e. The van der Waals surface area contributed by atoms with E-state index in [0.717, 1.165) is 30.9 Å². The zero-order valence-corrected chi connectivity index (χ0v) is 13.9. The Morgan fingerprint density at radius 2 is 2.12 bits per heavy atom. The van der Waals surface area contributed by atoms with Gasteiger partial charge in [-0.15, -0.1) is 0 Å². The molecule has 0 unspecified atom stereocenters. The molecule has 24 heavy (non-hydrogen) atoms. The van der Waals surface area contributed by atoms with Gasteiger partial charge in [0.2, 0.25) is 0 Å². The first-order chi connectivity index (χ1) is 11.8. The number of methoxy groups -OCH3 is 1. The quantitative estimate of drug-likeness (QED) is 0.837. The standard InChI is InChI=1S/C20H22N2O2/c1-24-20(23)17-11-15(13-9-10-13)12-21-19(17)22-18-8-4-6-14-5-2-3-7-16(14)18/h2-3,5,7-8,11,13,21-22H,4,6,9-10,12H2,1H3. The summed E-state index contributed by atoms with van der Waals surface area (Å²) in [6.07, 6.45) is 8.73. The number of fused-ring (bicyclic) bond motifs is 1. The minimum Gasteiger partial charge on any atom is -0.465 e. The van der Waals surface area contributed by atoms with Crippen molar-refractivity contribution < 1.29 is 9.53 Å². The van der Waals surface area contributed by atoms with Gasteiger partial charge in [-0.05, 0) is 48.8 Å². The predicted octanol–water partition coefficient (Wildman–Crippen LogP) is 2.89. The average molecular weight is 322 g/mol. The zero-order chi connectivity index (χ0) is 16.5. The van der Waals surface area contributed by atoms with Gasteiger partial charge in [-0.2, -0.15) is 0 Å². The van der Waals surface area contributed by atoms with Gasteiger partial charge in [0.15, 0.2) is 0 Å². The lowest BCUT2D eigenvalue weighted by Gasteiger charge is -2.25. The summed E-state index contributed by atoms with van der Waals surface area (Å²) in [5.41, 5.74) is 5.50. The highest BCUT2D eigenvalue weighted by Gasteiger charge is 2.30. The predicted molar refractivity (Wildman–Crippen MR) is 93.7 cm³/mol. The molecule has 2 aliphatic carbocycles. The van der Waals surface area contributed by atoms with Crippen molar-refractivity contribution in [3.05, 3.63) is 64.5 Å². The molecule has 3 aliphatic rings. The van der Waals surface area contributed by atoms with E-state index in [0.29, 0.717) is 11.5 Å². The molecule has 0 radical (unpaired) electrons. The average Bonchev–Trinajstić information content (AvgIpc) is 3.47. The van der Waals surface area contributed by atoms with Crippen molar-refractivity contribution in [2.75, 3.05) is 13.7 Å². The van der Waals surface area contributed by atoms with Crippen LogP contribution in [0.15, 0.2) is 53.4 Å². The molecule has 0 atom stereocenters. The maximum atomic E-state index is 12.2. The molecule has 1 heterocycles. The molecular formula is C20H22N2O2. The molecule has 1 fully saturated rings. The molecule has 0 saturated heterocycles. The normalized spacial score (nSPS) is 19.7. The van der Waals surface area contributed by atoms with Crippen molar-refractivity contribution in [3.8, 4) is 0 Å². The molecule has 1 aromatic carbocycles. The summed E-state index contributed by atoms with van der Waals surface area (Å²) in [5, 5.41) is 6.84. The van der Waals surface area contributed by atoms with Crippen LogP contribution in [0.25, 0.3) is 5.70 Å². The highest BCUT2D eigenvalue weighted by atomic mass is 16.5. The Kier molecular flexibility index (Phi) is 3.89. The molecule has 0 aromatic heterocycles. The summed E-state index contributed by atoms with van der Waals surface area (Å²) in [6, 6.07) is 8.41. The molecule has 1 aliphatic heterocycles. The van der Waals surface area contributed by atoms with Gasteiger partial charge in [0.1, 0.15) is 5.82 Å². The maximum absolute atomic E-state index is 12.2. The van der Waals surface area contributed by atoms with Crippen molar-refractivity contribution in [1.29, 1.82) is 0 Å². The number of rotatable bonds is 4. The van der Waals surface area contributed by atoms with E-state index >= 15 is 0 Å². The lowest BCUT2D eigenvalue weighted by Crippen LogP contribution is -2.34. The highest BCUT2D eigenvalue weighted by molar-refractivity contribution is 5.93. The Hall–Kier alpha value is -2.49. The van der Waals surface area contributed by atoms with Gasteiger partial charge in [-0.1, -0.05) is 30.3 Å². The van der Waals surface area contributed by atoms with Gasteiger partial charge in [-0.3, -0.25) is 0 Å². The molecular weight excluding hydrogens is 300 g/mol. The molecule has 1 aromatic rings. The number of hydrogen-bond donors (Lipinski definition) is 2. The van der Waals surface area contributed by atoms with E-state index in [1.807, 2.05) is 6.08 Å². The molecule has 2 N–H and O–H groups in total. The number of aryl methyl sites for hydroxylation is 1. The van der Waals surface area contributed by atoms with Crippen LogP contribution in [-0.4, -0.2) is 19.6 Å². The number of nitrogens with one attached hydrogen (secondary N) is 2. The first kappa shape index (κ1) is 15.1. The van der Waals surface area contributed by atoms with Gasteiger partial charge < -0.3 is 15.4 Å². The van der Waals surface area contributed by atoms with Crippen LogP contribution in [0, 0.1) is 5.92 Å². The number of ether oxygens (including phenoxy) is 1. The molecule has 124 valence electrons. The first-order valence-corrected chi connectivity index (χ1v) is 8.58. The van der Waals surface area contributed by atoms with Crippen LogP contribution in [0.3, 0.4) is 0 Å². The molecule has 0 amide bonds. The largest absolute Gasteiger partial charge is 0.465 e. The fraction of sp³-hybridized carbons (Fsp3) is 0.350. The number of allylic oxidation sites excluding steroid dienone is 1. The topological polar surface area (TPSA) is 50.4 Å². The minimum absolute atomic E-state index is 0.299. The minimum atomic E-state index is -0.299. The second kappa shape index (κ2) is 6.19. The van der Waals surface area contributed by atoms with Crippen molar-refractivity contribution in [1.82, 2.24) is 10.6 Å². The molecule has 0 bridgehead atoms. The molecule has 4 heteroatoms. The Bertz CT molecular complexity index is 770. The summed E-state index contributed by atoms with van der Waals surface area (Å²) in [5.74, 6) is 1.08.